The number of esters is 1. The first-order chi connectivity index (χ1) is 16.8. The average molecular weight is 523 g/mol. The van der Waals surface area contributed by atoms with E-state index in [1.165, 1.54) is 6.20 Å². The number of hydrogen-bond donors (Lipinski definition) is 1. The van der Waals surface area contributed by atoms with Crippen molar-refractivity contribution in [3.8, 4) is 11.5 Å². The summed E-state index contributed by atoms with van der Waals surface area (Å²) < 4.78 is 18.7. The smallest absolute Gasteiger partial charge is 0.327 e. The highest BCUT2D eigenvalue weighted by Gasteiger charge is 2.52. The minimum atomic E-state index is -0.970. The maximum absolute atomic E-state index is 13.4. The highest BCUT2D eigenvalue weighted by molar-refractivity contribution is 8.01. The van der Waals surface area contributed by atoms with Crippen LogP contribution in [0.4, 0.5) is 0 Å². The number of carbonyl (C=O) groups is 2. The lowest BCUT2D eigenvalue weighted by Gasteiger charge is -2.42. The molecule has 8 nitrogen and oxygen atoms in total. The van der Waals surface area contributed by atoms with Crippen molar-refractivity contribution in [1.29, 1.82) is 0 Å². The Kier molecular flexibility index (Phi) is 7.98. The van der Waals surface area contributed by atoms with Gasteiger partial charge in [0, 0.05) is 19.5 Å². The van der Waals surface area contributed by atoms with Gasteiger partial charge in [0.25, 0.3) is 0 Å². The van der Waals surface area contributed by atoms with Crippen molar-refractivity contribution in [2.75, 3.05) is 14.2 Å². The van der Waals surface area contributed by atoms with Gasteiger partial charge in [-0.3, -0.25) is 9.59 Å². The van der Waals surface area contributed by atoms with Gasteiger partial charge in [-0.1, -0.05) is 36.2 Å². The highest BCUT2D eigenvalue weighted by atomic mass is 35.5. The molecule has 190 valence electrons. The third-order valence-corrected chi connectivity index (χ3v) is 8.76. The minimum Gasteiger partial charge on any atom is -0.496 e. The number of methoxy groups -OCH3 is 2. The Balaban J connectivity index is 1.56. The molecule has 35 heavy (non-hydrogen) atoms. The van der Waals surface area contributed by atoms with E-state index in [1.807, 2.05) is 6.07 Å². The number of rotatable bonds is 9. The highest BCUT2D eigenvalue weighted by Crippen LogP contribution is 2.46. The van der Waals surface area contributed by atoms with Crippen molar-refractivity contribution in [3.05, 3.63) is 34.6 Å². The van der Waals surface area contributed by atoms with Crippen molar-refractivity contribution in [3.63, 3.8) is 0 Å². The quantitative estimate of drug-likeness (QED) is 0.388. The summed E-state index contributed by atoms with van der Waals surface area (Å²) in [5.74, 6) is 0.632. The van der Waals surface area contributed by atoms with Crippen LogP contribution in [0.1, 0.15) is 49.8 Å². The van der Waals surface area contributed by atoms with Crippen LogP contribution in [-0.4, -0.2) is 51.5 Å². The summed E-state index contributed by atoms with van der Waals surface area (Å²) >= 11 is 7.44. The number of hydrogen-bond acceptors (Lipinski definition) is 8. The Morgan fingerprint density at radius 3 is 2.54 bits per heavy atom. The molecule has 0 radical (unpaired) electrons. The summed E-state index contributed by atoms with van der Waals surface area (Å²) in [6, 6.07) is 3.56. The molecule has 4 rings (SSSR count). The maximum atomic E-state index is 13.4. The number of cyclic esters (lactones) is 1. The molecule has 1 aromatic carbocycles. The Morgan fingerprint density at radius 2 is 1.94 bits per heavy atom. The van der Waals surface area contributed by atoms with Crippen LogP contribution in [0.3, 0.4) is 0 Å². The second-order valence-corrected chi connectivity index (χ2v) is 10.6. The third-order valence-electron chi connectivity index (χ3n) is 7.18. The van der Waals surface area contributed by atoms with Crippen LogP contribution < -0.4 is 9.47 Å². The van der Waals surface area contributed by atoms with Crippen LogP contribution in [0.5, 0.6) is 11.5 Å². The summed E-state index contributed by atoms with van der Waals surface area (Å²) in [6.07, 6.45) is 6.73. The Hall–Kier alpha value is -2.23. The van der Waals surface area contributed by atoms with Gasteiger partial charge >= 0.3 is 5.97 Å². The van der Waals surface area contributed by atoms with Gasteiger partial charge < -0.3 is 23.9 Å². The van der Waals surface area contributed by atoms with Crippen molar-refractivity contribution >= 4 is 35.1 Å². The van der Waals surface area contributed by atoms with Crippen LogP contribution in [0.2, 0.25) is 5.02 Å². The zero-order chi connectivity index (χ0) is 25.2. The van der Waals surface area contributed by atoms with E-state index >= 15 is 0 Å². The Bertz CT molecular complexity index is 1080. The number of ether oxygens (including phenoxy) is 3. The van der Waals surface area contributed by atoms with Gasteiger partial charge in [-0.15, -0.1) is 0 Å². The second kappa shape index (κ2) is 10.8. The van der Waals surface area contributed by atoms with Gasteiger partial charge in [0.15, 0.2) is 16.2 Å². The molecule has 2 fully saturated rings. The van der Waals surface area contributed by atoms with Crippen LogP contribution in [0.15, 0.2) is 23.5 Å². The molecular formula is C25H31ClN2O6S. The molecule has 1 aliphatic carbocycles. The summed E-state index contributed by atoms with van der Waals surface area (Å²) in [4.78, 5) is 30.8. The fourth-order valence-electron chi connectivity index (χ4n) is 5.20. The van der Waals surface area contributed by atoms with Crippen molar-refractivity contribution in [2.24, 2.45) is 13.0 Å². The summed E-state index contributed by atoms with van der Waals surface area (Å²) in [7, 11) is 4.88. The maximum Gasteiger partial charge on any atom is 0.327 e. The number of aryl methyl sites for hydroxylation is 1. The first-order valence-electron chi connectivity index (χ1n) is 11.8. The number of imidazole rings is 1. The fraction of sp³-hybridized carbons (Fsp3) is 0.560. The number of benzene rings is 1. The van der Waals surface area contributed by atoms with Crippen LogP contribution in [0.25, 0.3) is 0 Å². The molecule has 2 heterocycles. The molecule has 1 aromatic heterocycles. The van der Waals surface area contributed by atoms with Gasteiger partial charge in [-0.2, -0.15) is 0 Å². The molecule has 10 heteroatoms. The van der Waals surface area contributed by atoms with Crippen LogP contribution in [-0.2, 0) is 34.4 Å². The number of nitrogens with zero attached hydrogens (tertiary/aromatic N) is 2. The van der Waals surface area contributed by atoms with E-state index in [4.69, 9.17) is 25.8 Å². The first kappa shape index (κ1) is 25.9. The first-order valence-corrected chi connectivity index (χ1v) is 13.0. The number of aliphatic hydroxyl groups excluding tert-OH is 1. The van der Waals surface area contributed by atoms with Crippen molar-refractivity contribution in [1.82, 2.24) is 9.55 Å². The van der Waals surface area contributed by atoms with E-state index < -0.39 is 16.8 Å². The molecule has 2 atom stereocenters. The molecule has 1 saturated heterocycles. The van der Waals surface area contributed by atoms with Gasteiger partial charge in [-0.05, 0) is 43.2 Å². The third kappa shape index (κ3) is 5.17. The monoisotopic (exact) mass is 522 g/mol. The summed E-state index contributed by atoms with van der Waals surface area (Å²) in [6.45, 7) is -0.170. The second-order valence-electron chi connectivity index (χ2n) is 9.16. The van der Waals surface area contributed by atoms with Gasteiger partial charge in [0.05, 0.1) is 37.7 Å². The lowest BCUT2D eigenvalue weighted by Crippen LogP contribution is -2.53. The van der Waals surface area contributed by atoms with E-state index in [0.29, 0.717) is 40.2 Å². The van der Waals surface area contributed by atoms with E-state index in [9.17, 15) is 14.7 Å². The van der Waals surface area contributed by atoms with Gasteiger partial charge in [-0.25, -0.2) is 4.98 Å². The largest absolute Gasteiger partial charge is 0.496 e. The van der Waals surface area contributed by atoms with E-state index in [1.54, 1.807) is 31.9 Å². The molecule has 1 N–H and O–H groups in total. The normalized spacial score (nSPS) is 22.9. The number of Topliss-reactive ketones (excluding diaryl/α,β-unsaturated/α-hetero) is 1. The number of aliphatic hydroxyl groups is 1. The zero-order valence-corrected chi connectivity index (χ0v) is 21.8. The number of halogens is 1. The molecule has 1 aliphatic heterocycles. The van der Waals surface area contributed by atoms with Crippen LogP contribution in [0, 0.1) is 5.92 Å². The van der Waals surface area contributed by atoms with E-state index in [0.717, 1.165) is 43.0 Å². The Morgan fingerprint density at radius 1 is 1.23 bits per heavy atom. The predicted molar refractivity (Wildman–Crippen MR) is 132 cm³/mol. The fourth-order valence-corrected chi connectivity index (χ4v) is 6.42. The number of aromatic nitrogens is 2. The molecule has 0 bridgehead atoms. The number of carbonyl (C=O) groups excluding carboxylic acids is 2. The SMILES string of the molecule is COc1cc(OC)c(CCC2(C3CCCC3)CC(=O)C(Sc3ncc(CO)n3C)C(=O)O2)cc1Cl. The predicted octanol–water partition coefficient (Wildman–Crippen LogP) is 4.12. The zero-order valence-electron chi connectivity index (χ0n) is 20.2. The lowest BCUT2D eigenvalue weighted by molar-refractivity contribution is -0.177. The molecule has 2 aliphatic rings. The molecule has 1 saturated carbocycles. The average Bonchev–Trinajstić information content (AvgIpc) is 3.51. The van der Waals surface area contributed by atoms with E-state index in [-0.39, 0.29) is 24.7 Å². The van der Waals surface area contributed by atoms with Crippen LogP contribution >= 0.6 is 23.4 Å². The molecule has 0 amide bonds. The molecular weight excluding hydrogens is 492 g/mol. The molecule has 0 spiro atoms. The standard InChI is InChI=1S/C25H31ClN2O6S/c1-28-17(14-29)13-27-24(28)35-22-19(30)12-25(34-23(22)31,16-6-4-5-7-16)9-8-15-10-18(26)21(33-3)11-20(15)32-2/h10-11,13,16,22,29H,4-9,12,14H2,1-3H3. The summed E-state index contributed by atoms with van der Waals surface area (Å²) in [5, 5.41) is 9.42. The van der Waals surface area contributed by atoms with Crippen molar-refractivity contribution < 1.29 is 28.9 Å². The molecule has 2 aromatic rings. The van der Waals surface area contributed by atoms with Crippen molar-refractivity contribution in [2.45, 2.75) is 67.6 Å². The molecule has 2 unspecified atom stereocenters. The summed E-state index contributed by atoms with van der Waals surface area (Å²) in [5.41, 5.74) is 0.633. The number of thioether (sulfide) groups is 1. The van der Waals surface area contributed by atoms with Gasteiger partial charge in [0.2, 0.25) is 0 Å². The topological polar surface area (TPSA) is 99.9 Å². The van der Waals surface area contributed by atoms with Gasteiger partial charge in [0.1, 0.15) is 17.1 Å². The minimum absolute atomic E-state index is 0.134. The van der Waals surface area contributed by atoms with E-state index in [2.05, 4.69) is 4.98 Å². The Labute approximate surface area is 214 Å². The lowest BCUT2D eigenvalue weighted by atomic mass is 9.76. The number of ketones is 1.